The molecular formula is C29H38N2O13. The fourth-order valence-electron chi connectivity index (χ4n) is 4.97. The van der Waals surface area contributed by atoms with Crippen molar-refractivity contribution in [3.8, 4) is 0 Å². The zero-order valence-electron chi connectivity index (χ0n) is 23.8. The van der Waals surface area contributed by atoms with Gasteiger partial charge >= 0.3 is 5.97 Å². The first-order valence-corrected chi connectivity index (χ1v) is 14.2. The quantitative estimate of drug-likeness (QED) is 0.115. The number of esters is 1. The largest absolute Gasteiger partial charge is 0.456 e. The second-order valence-electron chi connectivity index (χ2n) is 10.3. The summed E-state index contributed by atoms with van der Waals surface area (Å²) < 4.78 is 27.8. The maximum Gasteiger partial charge on any atom is 0.339 e. The molecule has 242 valence electrons. The third kappa shape index (κ3) is 8.47. The van der Waals surface area contributed by atoms with Crippen molar-refractivity contribution in [3.05, 3.63) is 53.1 Å². The van der Waals surface area contributed by atoms with Gasteiger partial charge in [0, 0.05) is 31.5 Å². The molecular weight excluding hydrogens is 584 g/mol. The molecule has 0 saturated carbocycles. The third-order valence-corrected chi connectivity index (χ3v) is 7.30. The van der Waals surface area contributed by atoms with Crippen molar-refractivity contribution >= 4 is 23.9 Å². The SMILES string of the molecule is O=C(CCNC(=O)C1=C[C@H]2OCO[C@H]2[C@H](OC(=O)c2ccccc2C=CCO[C@H]2O[C@H](CO)[C@H](O)[C@H](O)[C@H]2O)C1)NCCO. The minimum Gasteiger partial charge on any atom is -0.456 e. The van der Waals surface area contributed by atoms with Crippen molar-refractivity contribution in [2.24, 2.45) is 0 Å². The molecule has 0 bridgehead atoms. The lowest BCUT2D eigenvalue weighted by Gasteiger charge is -2.39. The fraction of sp³-hybridized carbons (Fsp3) is 0.552. The second-order valence-corrected chi connectivity index (χ2v) is 10.3. The summed E-state index contributed by atoms with van der Waals surface area (Å²) in [6.07, 6.45) is -4.21. The maximum absolute atomic E-state index is 13.3. The van der Waals surface area contributed by atoms with Crippen molar-refractivity contribution in [2.75, 3.05) is 39.7 Å². The van der Waals surface area contributed by atoms with Gasteiger partial charge in [-0.1, -0.05) is 30.4 Å². The number of nitrogens with one attached hydrogen (secondary N) is 2. The van der Waals surface area contributed by atoms with E-state index in [0.29, 0.717) is 11.1 Å². The number of carbonyl (C=O) groups is 3. The van der Waals surface area contributed by atoms with E-state index in [0.717, 1.165) is 0 Å². The summed E-state index contributed by atoms with van der Waals surface area (Å²) in [6.45, 7) is -0.702. The maximum atomic E-state index is 13.3. The molecule has 0 radical (unpaired) electrons. The molecule has 2 heterocycles. The molecule has 2 amide bonds. The molecule has 0 spiro atoms. The van der Waals surface area contributed by atoms with Crippen LogP contribution >= 0.6 is 0 Å². The number of amides is 2. The van der Waals surface area contributed by atoms with Crippen LogP contribution in [0.1, 0.15) is 28.8 Å². The van der Waals surface area contributed by atoms with E-state index >= 15 is 0 Å². The van der Waals surface area contributed by atoms with Gasteiger partial charge in [0.25, 0.3) is 0 Å². The lowest BCUT2D eigenvalue weighted by Crippen LogP contribution is -2.59. The molecule has 3 aliphatic rings. The number of ether oxygens (including phenoxy) is 5. The Hall–Kier alpha value is -3.25. The van der Waals surface area contributed by atoms with E-state index in [2.05, 4.69) is 10.6 Å². The molecule has 7 N–H and O–H groups in total. The Labute approximate surface area is 253 Å². The Bertz CT molecular complexity index is 1210. The zero-order valence-corrected chi connectivity index (χ0v) is 23.8. The lowest BCUT2D eigenvalue weighted by molar-refractivity contribution is -0.298. The summed E-state index contributed by atoms with van der Waals surface area (Å²) >= 11 is 0. The zero-order chi connectivity index (χ0) is 31.6. The lowest BCUT2D eigenvalue weighted by atomic mass is 9.91. The van der Waals surface area contributed by atoms with Crippen molar-refractivity contribution in [3.63, 3.8) is 0 Å². The Morgan fingerprint density at radius 2 is 1.80 bits per heavy atom. The van der Waals surface area contributed by atoms with E-state index in [1.807, 2.05) is 0 Å². The molecule has 0 aromatic heterocycles. The van der Waals surface area contributed by atoms with Crippen LogP contribution in [0, 0.1) is 0 Å². The molecule has 2 aliphatic heterocycles. The number of aliphatic hydroxyl groups is 5. The predicted octanol–water partition coefficient (Wildman–Crippen LogP) is -2.27. The van der Waals surface area contributed by atoms with Gasteiger partial charge in [-0.15, -0.1) is 0 Å². The van der Waals surface area contributed by atoms with E-state index in [-0.39, 0.29) is 57.4 Å². The number of rotatable bonds is 13. The summed E-state index contributed by atoms with van der Waals surface area (Å²) in [5, 5.41) is 53.2. The third-order valence-electron chi connectivity index (χ3n) is 7.30. The molecule has 15 nitrogen and oxygen atoms in total. The Balaban J connectivity index is 1.34. The number of benzene rings is 1. The fourth-order valence-corrected chi connectivity index (χ4v) is 4.97. The molecule has 1 aromatic rings. The highest BCUT2D eigenvalue weighted by atomic mass is 16.7. The van der Waals surface area contributed by atoms with E-state index in [1.54, 1.807) is 42.5 Å². The Morgan fingerprint density at radius 1 is 1.00 bits per heavy atom. The van der Waals surface area contributed by atoms with Gasteiger partial charge in [0.05, 0.1) is 25.4 Å². The van der Waals surface area contributed by atoms with E-state index in [4.69, 9.17) is 28.8 Å². The van der Waals surface area contributed by atoms with Gasteiger partial charge in [-0.2, -0.15) is 0 Å². The Kier molecular flexibility index (Phi) is 12.4. The van der Waals surface area contributed by atoms with Crippen molar-refractivity contribution in [1.82, 2.24) is 10.6 Å². The molecule has 1 aliphatic carbocycles. The minimum absolute atomic E-state index is 0.0287. The van der Waals surface area contributed by atoms with Crippen LogP contribution in [0.5, 0.6) is 0 Å². The first-order chi connectivity index (χ1) is 21.2. The van der Waals surface area contributed by atoms with Gasteiger partial charge < -0.3 is 59.9 Å². The molecule has 44 heavy (non-hydrogen) atoms. The van der Waals surface area contributed by atoms with Crippen LogP contribution in [0.2, 0.25) is 0 Å². The number of carbonyl (C=O) groups excluding carboxylic acids is 3. The van der Waals surface area contributed by atoms with Crippen molar-refractivity contribution < 1.29 is 63.6 Å². The highest BCUT2D eigenvalue weighted by Gasteiger charge is 2.44. The van der Waals surface area contributed by atoms with Crippen LogP contribution in [-0.4, -0.2) is 132 Å². The summed E-state index contributed by atoms with van der Waals surface area (Å²) in [7, 11) is 0. The molecule has 0 unspecified atom stereocenters. The summed E-state index contributed by atoms with van der Waals surface area (Å²) in [5.41, 5.74) is 1.03. The van der Waals surface area contributed by atoms with E-state index in [1.165, 1.54) is 0 Å². The molecule has 1 aromatic carbocycles. The normalized spacial score (nSPS) is 30.0. The number of fused-ring (bicyclic) bond motifs is 1. The number of aliphatic hydroxyl groups excluding tert-OH is 5. The van der Waals surface area contributed by atoms with Crippen molar-refractivity contribution in [1.29, 1.82) is 0 Å². The van der Waals surface area contributed by atoms with Gasteiger partial charge in [-0.3, -0.25) is 9.59 Å². The molecule has 8 atom stereocenters. The first kappa shape index (κ1) is 33.6. The van der Waals surface area contributed by atoms with Gasteiger partial charge in [0.1, 0.15) is 49.5 Å². The highest BCUT2D eigenvalue weighted by Crippen LogP contribution is 2.31. The summed E-state index contributed by atoms with van der Waals surface area (Å²) in [6, 6.07) is 6.62. The van der Waals surface area contributed by atoms with Crippen LogP contribution in [0.15, 0.2) is 42.0 Å². The first-order valence-electron chi connectivity index (χ1n) is 14.2. The topological polar surface area (TPSA) is 223 Å². The van der Waals surface area contributed by atoms with E-state index < -0.39 is 67.5 Å². The van der Waals surface area contributed by atoms with Gasteiger partial charge in [0.2, 0.25) is 11.8 Å². The smallest absolute Gasteiger partial charge is 0.339 e. The molecule has 2 fully saturated rings. The van der Waals surface area contributed by atoms with Crippen LogP contribution in [0.3, 0.4) is 0 Å². The summed E-state index contributed by atoms with van der Waals surface area (Å²) in [5.74, 6) is -1.41. The minimum atomic E-state index is -1.57. The van der Waals surface area contributed by atoms with Crippen LogP contribution in [0.25, 0.3) is 6.08 Å². The van der Waals surface area contributed by atoms with Crippen LogP contribution < -0.4 is 10.6 Å². The van der Waals surface area contributed by atoms with E-state index in [9.17, 15) is 34.8 Å². The molecule has 2 saturated heterocycles. The van der Waals surface area contributed by atoms with Gasteiger partial charge in [-0.25, -0.2) is 4.79 Å². The van der Waals surface area contributed by atoms with Crippen LogP contribution in [-0.2, 0) is 33.3 Å². The Morgan fingerprint density at radius 3 is 2.57 bits per heavy atom. The van der Waals surface area contributed by atoms with Gasteiger partial charge in [0.15, 0.2) is 6.29 Å². The molecule has 4 rings (SSSR count). The van der Waals surface area contributed by atoms with Crippen LogP contribution in [0.4, 0.5) is 0 Å². The van der Waals surface area contributed by atoms with Crippen molar-refractivity contribution in [2.45, 2.75) is 61.9 Å². The number of hydrogen-bond donors (Lipinski definition) is 7. The predicted molar refractivity (Wildman–Crippen MR) is 149 cm³/mol. The second kappa shape index (κ2) is 16.2. The average molecular weight is 623 g/mol. The van der Waals surface area contributed by atoms with Gasteiger partial charge in [-0.05, 0) is 17.7 Å². The highest BCUT2D eigenvalue weighted by molar-refractivity contribution is 5.95. The standard InChI is InChI=1S/C29H38N2O13/c32-10-9-30-22(34)7-8-31-27(38)17-12-19-26(42-15-41-19)20(13-17)43-28(39)18-6-2-1-4-16(18)5-3-11-40-29-25(37)24(36)23(35)21(14-33)44-29/h1-6,12,19-21,23-26,29,32-33,35-37H,7-11,13-15H2,(H,30,34)(H,31,38)/t19-,20-,21-,23+,24+,25-,26-,29+/m1/s1. The number of hydrogen-bond acceptors (Lipinski definition) is 13. The average Bonchev–Trinajstić information content (AvgIpc) is 3.51. The molecule has 15 heteroatoms. The summed E-state index contributed by atoms with van der Waals surface area (Å²) in [4.78, 5) is 37.8. The monoisotopic (exact) mass is 622 g/mol.